The number of benzene rings is 2. The number of hydrogen-bond donors (Lipinski definition) is 2. The zero-order chi connectivity index (χ0) is 20.0. The van der Waals surface area contributed by atoms with Crippen LogP contribution < -0.4 is 5.73 Å². The number of nitrogens with two attached hydrogens (primary N) is 1. The molecular weight excluding hydrogens is 363 g/mol. The molecule has 2 aromatic carbocycles. The van der Waals surface area contributed by atoms with E-state index >= 15 is 0 Å². The van der Waals surface area contributed by atoms with Gasteiger partial charge in [0.25, 0.3) is 0 Å². The number of pyridine rings is 1. The molecule has 2 aromatic heterocycles. The van der Waals surface area contributed by atoms with E-state index in [1.54, 1.807) is 12.1 Å². The maximum absolute atomic E-state index is 13.8. The van der Waals surface area contributed by atoms with Crippen molar-refractivity contribution in [3.05, 3.63) is 65.9 Å². The number of nitrogens with one attached hydrogen (secondary N) is 1. The summed E-state index contributed by atoms with van der Waals surface area (Å²) in [5.74, 6) is 2.27. The summed E-state index contributed by atoms with van der Waals surface area (Å²) in [7, 11) is 0. The van der Waals surface area contributed by atoms with Crippen LogP contribution in [0.1, 0.15) is 55.8 Å². The molecule has 1 aliphatic carbocycles. The van der Waals surface area contributed by atoms with Gasteiger partial charge in [0, 0.05) is 23.2 Å². The molecule has 148 valence electrons. The van der Waals surface area contributed by atoms with Crippen LogP contribution in [0.3, 0.4) is 0 Å². The van der Waals surface area contributed by atoms with Crippen LogP contribution in [0.5, 0.6) is 0 Å². The van der Waals surface area contributed by atoms with Crippen molar-refractivity contribution in [2.75, 3.05) is 5.73 Å². The Morgan fingerprint density at radius 2 is 1.83 bits per heavy atom. The molecule has 1 saturated carbocycles. The van der Waals surface area contributed by atoms with Crippen LogP contribution in [0.2, 0.25) is 0 Å². The van der Waals surface area contributed by atoms with E-state index < -0.39 is 0 Å². The van der Waals surface area contributed by atoms with Gasteiger partial charge in [-0.2, -0.15) is 0 Å². The summed E-state index contributed by atoms with van der Waals surface area (Å²) in [5, 5.41) is 0.957. The molecule has 5 heteroatoms. The van der Waals surface area contributed by atoms with Gasteiger partial charge in [0.1, 0.15) is 11.6 Å². The number of nitrogen functional groups attached to an aromatic ring is 1. The first-order valence-corrected chi connectivity index (χ1v) is 10.4. The second kappa shape index (κ2) is 7.14. The Morgan fingerprint density at radius 1 is 1.03 bits per heavy atom. The standard InChI is InChI=1S/C24H25FN4/c1-14(24-28-22-9-7-18(26)13-23(22)29-24)15-2-4-16(5-3-15)19-10-11-27-21-8-6-17(25)12-20(19)21/h6-16H,2-5,26H2,1H3,(H,28,29)/t14?,15-,16+. The first-order chi connectivity index (χ1) is 14.1. The average molecular weight is 388 g/mol. The Morgan fingerprint density at radius 3 is 2.66 bits per heavy atom. The van der Waals surface area contributed by atoms with Gasteiger partial charge in [-0.1, -0.05) is 6.92 Å². The van der Waals surface area contributed by atoms with Gasteiger partial charge >= 0.3 is 0 Å². The SMILES string of the molecule is CC(c1nc2ccc(N)cc2[nH]1)[C@H]1CC[C@@H](c2ccnc3ccc(F)cc32)CC1. The highest BCUT2D eigenvalue weighted by Gasteiger charge is 2.29. The summed E-state index contributed by atoms with van der Waals surface area (Å²) in [6.07, 6.45) is 6.36. The lowest BCUT2D eigenvalue weighted by molar-refractivity contribution is 0.286. The third-order valence-corrected chi connectivity index (χ3v) is 6.61. The van der Waals surface area contributed by atoms with E-state index in [2.05, 4.69) is 23.0 Å². The molecule has 0 spiro atoms. The van der Waals surface area contributed by atoms with Crippen molar-refractivity contribution in [1.29, 1.82) is 0 Å². The molecule has 0 saturated heterocycles. The monoisotopic (exact) mass is 388 g/mol. The minimum atomic E-state index is -0.195. The Balaban J connectivity index is 1.34. The van der Waals surface area contributed by atoms with Crippen molar-refractivity contribution in [3.8, 4) is 0 Å². The summed E-state index contributed by atoms with van der Waals surface area (Å²) < 4.78 is 13.8. The molecule has 0 radical (unpaired) electrons. The lowest BCUT2D eigenvalue weighted by Gasteiger charge is -2.32. The van der Waals surface area contributed by atoms with Gasteiger partial charge in [-0.25, -0.2) is 9.37 Å². The highest BCUT2D eigenvalue weighted by atomic mass is 19.1. The van der Waals surface area contributed by atoms with Crippen molar-refractivity contribution < 1.29 is 4.39 Å². The summed E-state index contributed by atoms with van der Waals surface area (Å²) in [5.41, 5.74) is 10.7. The lowest BCUT2D eigenvalue weighted by Crippen LogP contribution is -2.19. The number of imidazole rings is 1. The zero-order valence-corrected chi connectivity index (χ0v) is 16.5. The minimum absolute atomic E-state index is 0.195. The summed E-state index contributed by atoms with van der Waals surface area (Å²) in [6, 6.07) is 12.8. The predicted octanol–water partition coefficient (Wildman–Crippen LogP) is 5.91. The normalized spacial score (nSPS) is 20.9. The van der Waals surface area contributed by atoms with E-state index in [-0.39, 0.29) is 5.82 Å². The fourth-order valence-corrected chi connectivity index (χ4v) is 4.91. The summed E-state index contributed by atoms with van der Waals surface area (Å²) in [4.78, 5) is 12.7. The summed E-state index contributed by atoms with van der Waals surface area (Å²) >= 11 is 0. The van der Waals surface area contributed by atoms with Crippen molar-refractivity contribution in [2.45, 2.75) is 44.4 Å². The second-order valence-corrected chi connectivity index (χ2v) is 8.36. The average Bonchev–Trinajstić information content (AvgIpc) is 3.16. The van der Waals surface area contributed by atoms with Gasteiger partial charge < -0.3 is 10.7 Å². The van der Waals surface area contributed by atoms with Gasteiger partial charge in [0.05, 0.1) is 16.6 Å². The molecule has 4 nitrogen and oxygen atoms in total. The van der Waals surface area contributed by atoms with Gasteiger partial charge in [0.15, 0.2) is 0 Å². The van der Waals surface area contributed by atoms with Gasteiger partial charge in [0.2, 0.25) is 0 Å². The maximum Gasteiger partial charge on any atom is 0.123 e. The fraction of sp³-hybridized carbons (Fsp3) is 0.333. The molecular formula is C24H25FN4. The Labute approximate surface area is 169 Å². The number of fused-ring (bicyclic) bond motifs is 2. The predicted molar refractivity (Wildman–Crippen MR) is 115 cm³/mol. The van der Waals surface area contributed by atoms with E-state index in [1.807, 2.05) is 24.4 Å². The molecule has 2 heterocycles. The Bertz CT molecular complexity index is 1170. The quantitative estimate of drug-likeness (QED) is 0.429. The van der Waals surface area contributed by atoms with Crippen molar-refractivity contribution in [1.82, 2.24) is 15.0 Å². The number of aromatic amines is 1. The number of rotatable bonds is 3. The molecule has 1 unspecified atom stereocenters. The van der Waals surface area contributed by atoms with Crippen LogP contribution in [0.15, 0.2) is 48.7 Å². The van der Waals surface area contributed by atoms with Crippen LogP contribution in [0, 0.1) is 11.7 Å². The maximum atomic E-state index is 13.8. The molecule has 1 fully saturated rings. The third-order valence-electron chi connectivity index (χ3n) is 6.61. The van der Waals surface area contributed by atoms with E-state index in [0.29, 0.717) is 17.8 Å². The van der Waals surface area contributed by atoms with Crippen LogP contribution in [0.25, 0.3) is 21.9 Å². The molecule has 0 amide bonds. The molecule has 3 N–H and O–H groups in total. The number of halogens is 1. The molecule has 4 aromatic rings. The van der Waals surface area contributed by atoms with Gasteiger partial charge in [-0.15, -0.1) is 0 Å². The van der Waals surface area contributed by atoms with Crippen LogP contribution in [-0.4, -0.2) is 15.0 Å². The van der Waals surface area contributed by atoms with Crippen LogP contribution >= 0.6 is 0 Å². The molecule has 0 bridgehead atoms. The number of anilines is 1. The van der Waals surface area contributed by atoms with Crippen molar-refractivity contribution >= 4 is 27.6 Å². The molecule has 1 atom stereocenters. The Hall–Kier alpha value is -2.95. The number of nitrogens with zero attached hydrogens (tertiary/aromatic N) is 2. The lowest BCUT2D eigenvalue weighted by atomic mass is 9.73. The largest absolute Gasteiger partial charge is 0.399 e. The number of hydrogen-bond acceptors (Lipinski definition) is 3. The topological polar surface area (TPSA) is 67.6 Å². The van der Waals surface area contributed by atoms with Crippen LogP contribution in [-0.2, 0) is 0 Å². The second-order valence-electron chi connectivity index (χ2n) is 8.36. The summed E-state index contributed by atoms with van der Waals surface area (Å²) in [6.45, 7) is 2.27. The Kier molecular flexibility index (Phi) is 4.46. The van der Waals surface area contributed by atoms with Gasteiger partial charge in [-0.3, -0.25) is 4.98 Å². The first kappa shape index (κ1) is 18.1. The third kappa shape index (κ3) is 3.35. The highest BCUT2D eigenvalue weighted by molar-refractivity contribution is 5.82. The smallest absolute Gasteiger partial charge is 0.123 e. The number of H-pyrrole nitrogens is 1. The van der Waals surface area contributed by atoms with E-state index in [0.717, 1.165) is 59.1 Å². The van der Waals surface area contributed by atoms with Gasteiger partial charge in [-0.05, 0) is 85.5 Å². The van der Waals surface area contributed by atoms with Crippen LogP contribution in [0.4, 0.5) is 10.1 Å². The van der Waals surface area contributed by atoms with E-state index in [1.165, 1.54) is 11.6 Å². The fourth-order valence-electron chi connectivity index (χ4n) is 4.91. The minimum Gasteiger partial charge on any atom is -0.399 e. The first-order valence-electron chi connectivity index (χ1n) is 10.4. The molecule has 0 aliphatic heterocycles. The highest BCUT2D eigenvalue weighted by Crippen LogP contribution is 2.43. The van der Waals surface area contributed by atoms with E-state index in [4.69, 9.17) is 10.7 Å². The zero-order valence-electron chi connectivity index (χ0n) is 16.5. The molecule has 5 rings (SSSR count). The molecule has 29 heavy (non-hydrogen) atoms. The van der Waals surface area contributed by atoms with E-state index in [9.17, 15) is 4.39 Å². The molecule has 1 aliphatic rings. The van der Waals surface area contributed by atoms with Crippen molar-refractivity contribution in [2.24, 2.45) is 5.92 Å². The van der Waals surface area contributed by atoms with Crippen molar-refractivity contribution in [3.63, 3.8) is 0 Å². The number of aromatic nitrogens is 3.